The van der Waals surface area contributed by atoms with Gasteiger partial charge in [0.05, 0.1) is 26.3 Å². The Hall–Kier alpha value is -2.75. The highest BCUT2D eigenvalue weighted by Crippen LogP contribution is 2.28. The number of esters is 1. The van der Waals surface area contributed by atoms with Crippen molar-refractivity contribution < 1.29 is 34.7 Å². The fraction of sp³-hybridized carbons (Fsp3) is 0.560. The summed E-state index contributed by atoms with van der Waals surface area (Å²) in [6.45, 7) is 4.27. The monoisotopic (exact) mass is 474 g/mol. The molecule has 1 aliphatic heterocycles. The van der Waals surface area contributed by atoms with Gasteiger partial charge >= 0.3 is 5.97 Å². The summed E-state index contributed by atoms with van der Waals surface area (Å²) in [6.07, 6.45) is -0.0526. The number of hydrogen-bond acceptors (Lipinski definition) is 6. The van der Waals surface area contributed by atoms with E-state index in [0.29, 0.717) is 18.8 Å². The normalized spacial score (nSPS) is 25.3. The molecule has 0 saturated heterocycles. The van der Waals surface area contributed by atoms with Crippen LogP contribution >= 0.6 is 0 Å². The molecule has 0 radical (unpaired) electrons. The molecule has 1 heterocycles. The van der Waals surface area contributed by atoms with Crippen LogP contribution in [0.2, 0.25) is 0 Å². The average molecular weight is 475 g/mol. The molecule has 0 unspecified atom stereocenters. The van der Waals surface area contributed by atoms with Gasteiger partial charge in [-0.2, -0.15) is 0 Å². The van der Waals surface area contributed by atoms with E-state index < -0.39 is 36.2 Å². The van der Waals surface area contributed by atoms with Gasteiger partial charge in [-0.25, -0.2) is 4.79 Å². The van der Waals surface area contributed by atoms with Gasteiger partial charge in [0.1, 0.15) is 12.1 Å². The van der Waals surface area contributed by atoms with Crippen LogP contribution < -0.4 is 10.6 Å². The van der Waals surface area contributed by atoms with Crippen LogP contribution in [0, 0.1) is 5.92 Å². The summed E-state index contributed by atoms with van der Waals surface area (Å²) in [5.41, 5.74) is 2.16. The number of aliphatic hydroxyl groups is 2. The van der Waals surface area contributed by atoms with Gasteiger partial charge in [-0.3, -0.25) is 9.59 Å². The summed E-state index contributed by atoms with van der Waals surface area (Å²) in [5.74, 6) is -0.897. The number of nitrogens with zero attached hydrogens (tertiary/aromatic N) is 1. The first kappa shape index (κ1) is 25.9. The van der Waals surface area contributed by atoms with E-state index in [4.69, 9.17) is 4.74 Å². The third kappa shape index (κ3) is 5.65. The topological polar surface area (TPSA) is 133 Å². The summed E-state index contributed by atoms with van der Waals surface area (Å²) in [6, 6.07) is 5.55. The van der Waals surface area contributed by atoms with Crippen molar-refractivity contribution in [3.8, 4) is 0 Å². The number of fused-ring (bicyclic) bond motifs is 1. The molecular weight excluding hydrogens is 438 g/mol. The Kier molecular flexibility index (Phi) is 8.46. The zero-order valence-corrected chi connectivity index (χ0v) is 20.2. The number of amides is 2. The smallest absolute Gasteiger partial charge is 0.328 e. The first-order valence-corrected chi connectivity index (χ1v) is 11.8. The van der Waals surface area contributed by atoms with Gasteiger partial charge in [-0.05, 0) is 17.0 Å². The van der Waals surface area contributed by atoms with E-state index in [9.17, 15) is 24.6 Å². The second-order valence-electron chi connectivity index (χ2n) is 9.50. The van der Waals surface area contributed by atoms with Crippen LogP contribution in [0.3, 0.4) is 0 Å². The van der Waals surface area contributed by atoms with Gasteiger partial charge in [0.25, 0.3) is 11.8 Å². The highest BCUT2D eigenvalue weighted by molar-refractivity contribution is 5.97. The molecule has 186 valence electrons. The van der Waals surface area contributed by atoms with Gasteiger partial charge in [0.2, 0.25) is 0 Å². The number of quaternary nitrogens is 1. The van der Waals surface area contributed by atoms with Gasteiger partial charge in [-0.1, -0.05) is 44.2 Å². The van der Waals surface area contributed by atoms with E-state index in [2.05, 4.69) is 5.32 Å². The summed E-state index contributed by atoms with van der Waals surface area (Å²) in [7, 11) is 3.10. The van der Waals surface area contributed by atoms with Crippen molar-refractivity contribution in [2.75, 3.05) is 14.2 Å². The molecule has 1 aromatic rings. The Bertz CT molecular complexity index is 946. The van der Waals surface area contributed by atoms with Crippen LogP contribution in [0.5, 0.6) is 0 Å². The summed E-state index contributed by atoms with van der Waals surface area (Å²) < 4.78 is 4.95. The van der Waals surface area contributed by atoms with E-state index in [0.717, 1.165) is 11.1 Å². The number of nitrogens with one attached hydrogen (secondary N) is 1. The predicted molar refractivity (Wildman–Crippen MR) is 124 cm³/mol. The fourth-order valence-corrected chi connectivity index (χ4v) is 4.70. The lowest BCUT2D eigenvalue weighted by Gasteiger charge is -2.38. The van der Waals surface area contributed by atoms with Crippen molar-refractivity contribution in [1.29, 1.82) is 0 Å². The van der Waals surface area contributed by atoms with E-state index in [-0.39, 0.29) is 30.5 Å². The number of carbonyl (C=O) groups excluding carboxylic acids is 3. The minimum absolute atomic E-state index is 0.0757. The molecular formula is C25H36N3O6+. The summed E-state index contributed by atoms with van der Waals surface area (Å²) in [4.78, 5) is 40.3. The number of nitrogens with two attached hydrogens (primary N) is 1. The molecule has 2 aliphatic rings. The molecule has 9 heteroatoms. The molecule has 2 amide bonds. The highest BCUT2D eigenvalue weighted by Gasteiger charge is 2.40. The van der Waals surface area contributed by atoms with Crippen molar-refractivity contribution in [2.45, 2.75) is 70.0 Å². The molecule has 0 aromatic heterocycles. The molecule has 1 aliphatic carbocycles. The van der Waals surface area contributed by atoms with Gasteiger partial charge in [0.15, 0.2) is 6.04 Å². The van der Waals surface area contributed by atoms with Gasteiger partial charge < -0.3 is 30.5 Å². The Morgan fingerprint density at radius 1 is 1.18 bits per heavy atom. The Morgan fingerprint density at radius 3 is 2.47 bits per heavy atom. The van der Waals surface area contributed by atoms with E-state index in [1.807, 2.05) is 50.5 Å². The lowest BCUT2D eigenvalue weighted by Crippen LogP contribution is -2.89. The Labute approximate surface area is 200 Å². The van der Waals surface area contributed by atoms with E-state index in [1.54, 1.807) is 0 Å². The van der Waals surface area contributed by atoms with Crippen LogP contribution in [-0.4, -0.2) is 77.4 Å². The number of rotatable bonds is 7. The largest absolute Gasteiger partial charge is 0.467 e. The van der Waals surface area contributed by atoms with E-state index in [1.165, 1.54) is 18.1 Å². The second kappa shape index (κ2) is 11.1. The number of aliphatic hydroxyl groups excluding tert-OH is 2. The molecule has 0 spiro atoms. The quantitative estimate of drug-likeness (QED) is 0.385. The molecule has 0 fully saturated rings. The molecule has 3 rings (SSSR count). The van der Waals surface area contributed by atoms with Crippen molar-refractivity contribution in [3.05, 3.63) is 47.0 Å². The molecule has 5 atom stereocenters. The number of hydrogen-bond donors (Lipinski definition) is 4. The van der Waals surface area contributed by atoms with Crippen molar-refractivity contribution in [3.63, 3.8) is 0 Å². The maximum Gasteiger partial charge on any atom is 0.328 e. The number of carbonyl (C=O) groups is 3. The lowest BCUT2D eigenvalue weighted by atomic mass is 9.87. The highest BCUT2D eigenvalue weighted by atomic mass is 16.5. The number of likely N-dealkylation sites (N-methyl/N-ethyl adjacent to an activating group) is 1. The van der Waals surface area contributed by atoms with Crippen molar-refractivity contribution >= 4 is 17.8 Å². The van der Waals surface area contributed by atoms with Gasteiger partial charge in [-0.15, -0.1) is 0 Å². The molecule has 5 N–H and O–H groups in total. The first-order chi connectivity index (χ1) is 16.2. The number of benzene rings is 1. The zero-order valence-electron chi connectivity index (χ0n) is 20.2. The van der Waals surface area contributed by atoms with Crippen LogP contribution in [0.15, 0.2) is 35.9 Å². The SMILES string of the molecule is C[NH2+][C@@H](CC(C)C)C(=O)N[C@@H]1C=C(C(=O)N2Cc3ccccc3C[C@H]2C(=O)OC)C[C@@H](O)[C@@H]1O. The van der Waals surface area contributed by atoms with E-state index >= 15 is 0 Å². The Morgan fingerprint density at radius 2 is 1.85 bits per heavy atom. The lowest BCUT2D eigenvalue weighted by molar-refractivity contribution is -0.651. The van der Waals surface area contributed by atoms with Crippen molar-refractivity contribution in [2.24, 2.45) is 5.92 Å². The zero-order chi connectivity index (χ0) is 25.0. The molecule has 34 heavy (non-hydrogen) atoms. The van der Waals surface area contributed by atoms with Gasteiger partial charge in [0, 0.05) is 31.4 Å². The van der Waals surface area contributed by atoms with Crippen LogP contribution in [0.4, 0.5) is 0 Å². The van der Waals surface area contributed by atoms with Crippen LogP contribution in [-0.2, 0) is 32.1 Å². The third-order valence-corrected chi connectivity index (χ3v) is 6.60. The maximum absolute atomic E-state index is 13.6. The molecule has 1 aromatic carbocycles. The molecule has 9 nitrogen and oxygen atoms in total. The third-order valence-electron chi connectivity index (χ3n) is 6.60. The number of methoxy groups -OCH3 is 1. The maximum atomic E-state index is 13.6. The fourth-order valence-electron chi connectivity index (χ4n) is 4.70. The first-order valence-electron chi connectivity index (χ1n) is 11.8. The minimum Gasteiger partial charge on any atom is -0.467 e. The van der Waals surface area contributed by atoms with Crippen molar-refractivity contribution in [1.82, 2.24) is 10.2 Å². The second-order valence-corrected chi connectivity index (χ2v) is 9.50. The standard InChI is InChI=1S/C25H35N3O6/c1-14(2)9-19(26-3)23(31)27-18-10-17(12-21(29)22(18)30)24(32)28-13-16-8-6-5-7-15(16)11-20(28)25(33)34-4/h5-8,10,14,18-22,26,29-30H,9,11-13H2,1-4H3,(H,27,31)/p+1/t18-,19+,20+,21-,22-/m1/s1. The average Bonchev–Trinajstić information content (AvgIpc) is 2.83. The number of ether oxygens (including phenoxy) is 1. The molecule has 0 bridgehead atoms. The molecule has 0 saturated carbocycles. The predicted octanol–water partition coefficient (Wildman–Crippen LogP) is -0.742. The summed E-state index contributed by atoms with van der Waals surface area (Å²) in [5, 5.41) is 25.6. The van der Waals surface area contributed by atoms with Crippen LogP contribution in [0.25, 0.3) is 0 Å². The Balaban J connectivity index is 1.85. The van der Waals surface area contributed by atoms with Crippen LogP contribution in [0.1, 0.15) is 37.8 Å². The summed E-state index contributed by atoms with van der Waals surface area (Å²) >= 11 is 0. The minimum atomic E-state index is -1.24.